The molecule has 0 aromatic heterocycles. The minimum Gasteiger partial charge on any atom is -0.329 e. The molecule has 1 aliphatic rings. The summed E-state index contributed by atoms with van der Waals surface area (Å²) in [5.41, 5.74) is 5.31. The first-order chi connectivity index (χ1) is 8.22. The highest BCUT2D eigenvalue weighted by Gasteiger charge is 2.26. The molecule has 18 heavy (non-hydrogen) atoms. The first-order valence-electron chi connectivity index (χ1n) is 6.64. The van der Waals surface area contributed by atoms with Gasteiger partial charge in [0.25, 0.3) is 0 Å². The summed E-state index contributed by atoms with van der Waals surface area (Å²) in [6.45, 7) is 9.25. The van der Waals surface area contributed by atoms with Crippen molar-refractivity contribution in [2.24, 2.45) is 11.1 Å². The van der Waals surface area contributed by atoms with E-state index in [9.17, 15) is 8.42 Å². The second-order valence-corrected chi connectivity index (χ2v) is 8.10. The highest BCUT2D eigenvalue weighted by molar-refractivity contribution is 7.89. The van der Waals surface area contributed by atoms with Gasteiger partial charge in [0.05, 0.1) is 5.75 Å². The highest BCUT2D eigenvalue weighted by Crippen LogP contribution is 2.17. The lowest BCUT2D eigenvalue weighted by atomic mass is 10.0. The van der Waals surface area contributed by atoms with Crippen LogP contribution in [0.4, 0.5) is 0 Å². The van der Waals surface area contributed by atoms with Crippen molar-refractivity contribution in [3.8, 4) is 0 Å². The van der Waals surface area contributed by atoms with E-state index in [0.717, 1.165) is 32.5 Å². The molecule has 0 spiro atoms. The lowest BCUT2D eigenvalue weighted by molar-refractivity contribution is 0.212. The first kappa shape index (κ1) is 15.9. The molecule has 6 heteroatoms. The summed E-state index contributed by atoms with van der Waals surface area (Å²) in [6.07, 6.45) is 1.76. The number of sulfonamides is 1. The molecule has 0 saturated carbocycles. The van der Waals surface area contributed by atoms with Gasteiger partial charge in [-0.3, -0.25) is 0 Å². The van der Waals surface area contributed by atoms with Crippen LogP contribution in [0.2, 0.25) is 0 Å². The SMILES string of the molecule is CC(C)(C)CS(=O)(=O)NC1CCN(CCN)CC1. The summed E-state index contributed by atoms with van der Waals surface area (Å²) in [4.78, 5) is 2.29. The smallest absolute Gasteiger partial charge is 0.212 e. The number of nitrogens with one attached hydrogen (secondary N) is 1. The summed E-state index contributed by atoms with van der Waals surface area (Å²) >= 11 is 0. The largest absolute Gasteiger partial charge is 0.329 e. The molecule has 0 unspecified atom stereocenters. The van der Waals surface area contributed by atoms with Crippen LogP contribution in [0.3, 0.4) is 0 Å². The van der Waals surface area contributed by atoms with Crippen LogP contribution in [0.15, 0.2) is 0 Å². The number of nitrogens with zero attached hydrogens (tertiary/aromatic N) is 1. The van der Waals surface area contributed by atoms with E-state index >= 15 is 0 Å². The summed E-state index contributed by atoms with van der Waals surface area (Å²) in [7, 11) is -3.16. The molecule has 0 aromatic rings. The summed E-state index contributed by atoms with van der Waals surface area (Å²) in [5.74, 6) is 0.184. The molecule has 0 aliphatic carbocycles. The zero-order valence-corrected chi connectivity index (χ0v) is 12.6. The maximum atomic E-state index is 12.0. The van der Waals surface area contributed by atoms with Gasteiger partial charge in [-0.15, -0.1) is 0 Å². The van der Waals surface area contributed by atoms with Crippen molar-refractivity contribution >= 4 is 10.0 Å². The van der Waals surface area contributed by atoms with Crippen LogP contribution in [0.1, 0.15) is 33.6 Å². The number of rotatable bonds is 5. The number of likely N-dealkylation sites (tertiary alicyclic amines) is 1. The molecule has 5 nitrogen and oxygen atoms in total. The molecule has 1 rings (SSSR count). The Balaban J connectivity index is 2.41. The zero-order chi connectivity index (χ0) is 13.8. The molecular formula is C12H27N3O2S. The fourth-order valence-corrected chi connectivity index (χ4v) is 4.29. The Morgan fingerprint density at radius 1 is 1.28 bits per heavy atom. The third kappa shape index (κ3) is 6.13. The van der Waals surface area contributed by atoms with Crippen LogP contribution in [0.25, 0.3) is 0 Å². The van der Waals surface area contributed by atoms with Crippen molar-refractivity contribution in [3.05, 3.63) is 0 Å². The van der Waals surface area contributed by atoms with Gasteiger partial charge in [-0.25, -0.2) is 13.1 Å². The molecule has 0 amide bonds. The van der Waals surface area contributed by atoms with Crippen molar-refractivity contribution in [2.75, 3.05) is 31.9 Å². The molecule has 1 fully saturated rings. The van der Waals surface area contributed by atoms with Crippen molar-refractivity contribution in [1.29, 1.82) is 0 Å². The second-order valence-electron chi connectivity index (χ2n) is 6.34. The molecule has 0 radical (unpaired) electrons. The molecule has 1 saturated heterocycles. The number of hydrogen-bond acceptors (Lipinski definition) is 4. The number of nitrogens with two attached hydrogens (primary N) is 1. The second kappa shape index (κ2) is 6.32. The van der Waals surface area contributed by atoms with Crippen LogP contribution < -0.4 is 10.5 Å². The minimum atomic E-state index is -3.16. The Hall–Kier alpha value is -0.170. The Morgan fingerprint density at radius 2 is 1.83 bits per heavy atom. The van der Waals surface area contributed by atoms with Crippen LogP contribution in [-0.2, 0) is 10.0 Å². The first-order valence-corrected chi connectivity index (χ1v) is 8.29. The fourth-order valence-electron chi connectivity index (χ4n) is 2.32. The third-order valence-electron chi connectivity index (χ3n) is 3.00. The van der Waals surface area contributed by atoms with Gasteiger partial charge in [-0.05, 0) is 31.3 Å². The van der Waals surface area contributed by atoms with E-state index in [4.69, 9.17) is 5.73 Å². The lowest BCUT2D eigenvalue weighted by Crippen LogP contribution is -2.47. The van der Waals surface area contributed by atoms with Gasteiger partial charge in [-0.2, -0.15) is 0 Å². The number of piperidine rings is 1. The topological polar surface area (TPSA) is 75.4 Å². The van der Waals surface area contributed by atoms with Crippen molar-refractivity contribution in [2.45, 2.75) is 39.7 Å². The number of hydrogen-bond donors (Lipinski definition) is 2. The molecule has 3 N–H and O–H groups in total. The monoisotopic (exact) mass is 277 g/mol. The molecule has 0 atom stereocenters. The standard InChI is InChI=1S/C12H27N3O2S/c1-12(2,3)10-18(16,17)14-11-4-7-15(8-5-11)9-6-13/h11,14H,4-10,13H2,1-3H3. The van der Waals surface area contributed by atoms with Gasteiger partial charge in [0.2, 0.25) is 10.0 Å². The Kier molecular flexibility index (Phi) is 5.58. The molecule has 1 aliphatic heterocycles. The molecule has 1 heterocycles. The van der Waals surface area contributed by atoms with E-state index in [2.05, 4.69) is 9.62 Å². The quantitative estimate of drug-likeness (QED) is 0.761. The zero-order valence-electron chi connectivity index (χ0n) is 11.8. The van der Waals surface area contributed by atoms with Crippen molar-refractivity contribution in [3.63, 3.8) is 0 Å². The van der Waals surface area contributed by atoms with E-state index in [0.29, 0.717) is 6.54 Å². The van der Waals surface area contributed by atoms with Gasteiger partial charge in [0, 0.05) is 19.1 Å². The van der Waals surface area contributed by atoms with Crippen molar-refractivity contribution < 1.29 is 8.42 Å². The van der Waals surface area contributed by atoms with E-state index in [1.165, 1.54) is 0 Å². The lowest BCUT2D eigenvalue weighted by Gasteiger charge is -2.32. The Morgan fingerprint density at radius 3 is 2.28 bits per heavy atom. The van der Waals surface area contributed by atoms with Gasteiger partial charge < -0.3 is 10.6 Å². The summed E-state index contributed by atoms with van der Waals surface area (Å²) < 4.78 is 26.8. The predicted octanol–water partition coefficient (Wildman–Crippen LogP) is 0.375. The van der Waals surface area contributed by atoms with Crippen LogP contribution in [-0.4, -0.2) is 51.3 Å². The van der Waals surface area contributed by atoms with Gasteiger partial charge >= 0.3 is 0 Å². The molecular weight excluding hydrogens is 250 g/mol. The Bertz CT molecular complexity index is 341. The third-order valence-corrected chi connectivity index (χ3v) is 4.94. The van der Waals surface area contributed by atoms with E-state index < -0.39 is 10.0 Å². The van der Waals surface area contributed by atoms with Crippen LogP contribution >= 0.6 is 0 Å². The molecule has 108 valence electrons. The maximum Gasteiger partial charge on any atom is 0.212 e. The Labute approximate surface area is 111 Å². The predicted molar refractivity (Wildman–Crippen MR) is 74.9 cm³/mol. The normalized spacial score (nSPS) is 20.2. The average molecular weight is 277 g/mol. The average Bonchev–Trinajstić information content (AvgIpc) is 2.17. The molecule has 0 bridgehead atoms. The van der Waals surface area contributed by atoms with Crippen LogP contribution in [0, 0.1) is 5.41 Å². The summed E-state index contributed by atoms with van der Waals surface area (Å²) in [6, 6.07) is 0.0892. The van der Waals surface area contributed by atoms with Crippen molar-refractivity contribution in [1.82, 2.24) is 9.62 Å². The van der Waals surface area contributed by atoms with E-state index in [1.807, 2.05) is 20.8 Å². The van der Waals surface area contributed by atoms with E-state index in [1.54, 1.807) is 0 Å². The maximum absolute atomic E-state index is 12.0. The van der Waals surface area contributed by atoms with Gasteiger partial charge in [0.15, 0.2) is 0 Å². The molecule has 0 aromatic carbocycles. The fraction of sp³-hybridized carbons (Fsp3) is 1.00. The highest BCUT2D eigenvalue weighted by atomic mass is 32.2. The van der Waals surface area contributed by atoms with Gasteiger partial charge in [-0.1, -0.05) is 20.8 Å². The minimum absolute atomic E-state index is 0.0892. The summed E-state index contributed by atoms with van der Waals surface area (Å²) in [5, 5.41) is 0. The van der Waals surface area contributed by atoms with E-state index in [-0.39, 0.29) is 17.2 Å². The van der Waals surface area contributed by atoms with Crippen LogP contribution in [0.5, 0.6) is 0 Å². The van der Waals surface area contributed by atoms with Gasteiger partial charge in [0.1, 0.15) is 0 Å².